The molecule has 76 valence electrons. The molecular formula is C10H18O3. The van der Waals surface area contributed by atoms with Crippen LogP contribution in [0, 0.1) is 5.41 Å². The minimum absolute atomic E-state index is 0.0726. The quantitative estimate of drug-likeness (QED) is 0.713. The van der Waals surface area contributed by atoms with Crippen LogP contribution in [0.15, 0.2) is 0 Å². The largest absolute Gasteiger partial charge is 0.396 e. The van der Waals surface area contributed by atoms with Gasteiger partial charge in [-0.15, -0.1) is 0 Å². The molecule has 0 aromatic rings. The normalized spacial score (nSPS) is 43.8. The maximum absolute atomic E-state index is 9.39. The minimum atomic E-state index is 0.0726. The summed E-state index contributed by atoms with van der Waals surface area (Å²) in [7, 11) is 1.70. The fraction of sp³-hybridized carbons (Fsp3) is 1.00. The van der Waals surface area contributed by atoms with E-state index in [9.17, 15) is 5.11 Å². The molecule has 2 aliphatic rings. The molecule has 0 spiro atoms. The van der Waals surface area contributed by atoms with Crippen LogP contribution in [-0.4, -0.2) is 37.6 Å². The van der Waals surface area contributed by atoms with E-state index in [4.69, 9.17) is 9.47 Å². The Kier molecular flexibility index (Phi) is 2.58. The molecule has 1 heterocycles. The molecule has 2 rings (SSSR count). The Morgan fingerprint density at radius 2 is 2.46 bits per heavy atom. The highest BCUT2D eigenvalue weighted by Crippen LogP contribution is 2.49. The van der Waals surface area contributed by atoms with Gasteiger partial charge in [0.05, 0.1) is 25.4 Å². The van der Waals surface area contributed by atoms with E-state index < -0.39 is 0 Å². The molecule has 0 radical (unpaired) electrons. The number of fused-ring (bicyclic) bond motifs is 1. The molecule has 0 amide bonds. The van der Waals surface area contributed by atoms with Gasteiger partial charge in [-0.25, -0.2) is 0 Å². The van der Waals surface area contributed by atoms with Crippen LogP contribution < -0.4 is 0 Å². The molecule has 13 heavy (non-hydrogen) atoms. The van der Waals surface area contributed by atoms with Crippen molar-refractivity contribution in [3.05, 3.63) is 0 Å². The van der Waals surface area contributed by atoms with Gasteiger partial charge in [-0.2, -0.15) is 0 Å². The highest BCUT2D eigenvalue weighted by atomic mass is 16.5. The Labute approximate surface area is 79.0 Å². The van der Waals surface area contributed by atoms with Crippen LogP contribution in [0.25, 0.3) is 0 Å². The molecule has 3 atom stereocenters. The fourth-order valence-corrected chi connectivity index (χ4v) is 2.82. The first-order chi connectivity index (χ1) is 6.30. The lowest BCUT2D eigenvalue weighted by Gasteiger charge is -2.24. The van der Waals surface area contributed by atoms with Gasteiger partial charge in [-0.1, -0.05) is 6.42 Å². The summed E-state index contributed by atoms with van der Waals surface area (Å²) < 4.78 is 10.9. The third-order valence-corrected chi connectivity index (χ3v) is 3.48. The van der Waals surface area contributed by atoms with Crippen molar-refractivity contribution in [1.82, 2.24) is 0 Å². The summed E-state index contributed by atoms with van der Waals surface area (Å²) in [5.74, 6) is 0. The molecule has 0 aromatic heterocycles. The minimum Gasteiger partial charge on any atom is -0.396 e. The average Bonchev–Trinajstić information content (AvgIpc) is 2.61. The maximum atomic E-state index is 9.39. The summed E-state index contributed by atoms with van der Waals surface area (Å²) in [6, 6.07) is 0. The van der Waals surface area contributed by atoms with E-state index in [2.05, 4.69) is 0 Å². The SMILES string of the molecule is COC[C@@H]1C[C@]2(CO)CCC[C@@H]2O1. The van der Waals surface area contributed by atoms with Crippen LogP contribution >= 0.6 is 0 Å². The van der Waals surface area contributed by atoms with Crippen molar-refractivity contribution in [2.24, 2.45) is 5.41 Å². The number of methoxy groups -OCH3 is 1. The predicted molar refractivity (Wildman–Crippen MR) is 48.5 cm³/mol. The summed E-state index contributed by atoms with van der Waals surface area (Å²) >= 11 is 0. The van der Waals surface area contributed by atoms with Crippen LogP contribution in [-0.2, 0) is 9.47 Å². The average molecular weight is 186 g/mol. The van der Waals surface area contributed by atoms with Crippen LogP contribution in [0.1, 0.15) is 25.7 Å². The number of hydrogen-bond donors (Lipinski definition) is 1. The van der Waals surface area contributed by atoms with Gasteiger partial charge in [0.25, 0.3) is 0 Å². The highest BCUT2D eigenvalue weighted by molar-refractivity contribution is 4.99. The summed E-state index contributed by atoms with van der Waals surface area (Å²) in [6.07, 6.45) is 4.90. The number of rotatable bonds is 3. The van der Waals surface area contributed by atoms with E-state index in [0.29, 0.717) is 6.61 Å². The smallest absolute Gasteiger partial charge is 0.0819 e. The van der Waals surface area contributed by atoms with Gasteiger partial charge >= 0.3 is 0 Å². The van der Waals surface area contributed by atoms with Crippen molar-refractivity contribution >= 4 is 0 Å². The van der Waals surface area contributed by atoms with Crippen molar-refractivity contribution in [2.75, 3.05) is 20.3 Å². The van der Waals surface area contributed by atoms with Gasteiger partial charge in [-0.05, 0) is 19.3 Å². The monoisotopic (exact) mass is 186 g/mol. The first-order valence-electron chi connectivity index (χ1n) is 5.06. The Hall–Kier alpha value is -0.120. The molecule has 0 bridgehead atoms. The van der Waals surface area contributed by atoms with E-state index in [1.807, 2.05) is 0 Å². The summed E-state index contributed by atoms with van der Waals surface area (Å²) in [6.45, 7) is 0.941. The van der Waals surface area contributed by atoms with E-state index >= 15 is 0 Å². The molecule has 0 unspecified atom stereocenters. The third kappa shape index (κ3) is 1.49. The number of hydrogen-bond acceptors (Lipinski definition) is 3. The number of aliphatic hydroxyl groups excluding tert-OH is 1. The molecule has 1 saturated carbocycles. The molecule has 3 nitrogen and oxygen atoms in total. The first kappa shape index (κ1) is 9.44. The zero-order chi connectivity index (χ0) is 9.31. The van der Waals surface area contributed by atoms with Gasteiger partial charge in [0.2, 0.25) is 0 Å². The van der Waals surface area contributed by atoms with Crippen molar-refractivity contribution < 1.29 is 14.6 Å². The van der Waals surface area contributed by atoms with Crippen LogP contribution in [0.5, 0.6) is 0 Å². The Morgan fingerprint density at radius 3 is 3.08 bits per heavy atom. The lowest BCUT2D eigenvalue weighted by atomic mass is 9.82. The molecule has 1 saturated heterocycles. The number of aliphatic hydroxyl groups is 1. The number of ether oxygens (including phenoxy) is 2. The Morgan fingerprint density at radius 1 is 1.62 bits per heavy atom. The Bertz CT molecular complexity index is 183. The molecule has 1 aliphatic carbocycles. The summed E-state index contributed by atoms with van der Waals surface area (Å²) in [5.41, 5.74) is 0.0726. The second kappa shape index (κ2) is 3.56. The van der Waals surface area contributed by atoms with Gasteiger partial charge in [0, 0.05) is 12.5 Å². The van der Waals surface area contributed by atoms with E-state index in [1.54, 1.807) is 7.11 Å². The van der Waals surface area contributed by atoms with E-state index in [1.165, 1.54) is 6.42 Å². The van der Waals surface area contributed by atoms with Crippen LogP contribution in [0.2, 0.25) is 0 Å². The van der Waals surface area contributed by atoms with E-state index in [0.717, 1.165) is 19.3 Å². The molecular weight excluding hydrogens is 168 g/mol. The van der Waals surface area contributed by atoms with Crippen molar-refractivity contribution in [3.8, 4) is 0 Å². The van der Waals surface area contributed by atoms with Crippen LogP contribution in [0.3, 0.4) is 0 Å². The predicted octanol–water partition coefficient (Wildman–Crippen LogP) is 0.953. The van der Waals surface area contributed by atoms with Crippen molar-refractivity contribution in [2.45, 2.75) is 37.9 Å². The van der Waals surface area contributed by atoms with Gasteiger partial charge in [-0.3, -0.25) is 0 Å². The fourth-order valence-electron chi connectivity index (χ4n) is 2.82. The van der Waals surface area contributed by atoms with Gasteiger partial charge in [0.15, 0.2) is 0 Å². The van der Waals surface area contributed by atoms with Gasteiger partial charge < -0.3 is 14.6 Å². The lowest BCUT2D eigenvalue weighted by molar-refractivity contribution is -0.0173. The molecule has 2 fully saturated rings. The Balaban J connectivity index is 2.00. The molecule has 1 N–H and O–H groups in total. The second-order valence-corrected chi connectivity index (χ2v) is 4.32. The van der Waals surface area contributed by atoms with Crippen molar-refractivity contribution in [1.29, 1.82) is 0 Å². The van der Waals surface area contributed by atoms with Crippen molar-refractivity contribution in [3.63, 3.8) is 0 Å². The molecule has 1 aliphatic heterocycles. The topological polar surface area (TPSA) is 38.7 Å². The molecule has 0 aromatic carbocycles. The van der Waals surface area contributed by atoms with Crippen LogP contribution in [0.4, 0.5) is 0 Å². The highest BCUT2D eigenvalue weighted by Gasteiger charge is 2.50. The van der Waals surface area contributed by atoms with Gasteiger partial charge in [0.1, 0.15) is 0 Å². The zero-order valence-electron chi connectivity index (χ0n) is 8.16. The van der Waals surface area contributed by atoms with E-state index in [-0.39, 0.29) is 24.2 Å². The first-order valence-corrected chi connectivity index (χ1v) is 5.06. The second-order valence-electron chi connectivity index (χ2n) is 4.32. The maximum Gasteiger partial charge on any atom is 0.0819 e. The standard InChI is InChI=1S/C10H18O3/c1-12-6-8-5-10(7-11)4-2-3-9(10)13-8/h8-9,11H,2-7H2,1H3/t8-,9-,10-/m0/s1. The third-order valence-electron chi connectivity index (χ3n) is 3.48. The lowest BCUT2D eigenvalue weighted by Crippen LogP contribution is -2.28. The summed E-state index contributed by atoms with van der Waals surface area (Å²) in [4.78, 5) is 0. The zero-order valence-corrected chi connectivity index (χ0v) is 8.16. The summed E-state index contributed by atoms with van der Waals surface area (Å²) in [5, 5.41) is 9.39. The molecule has 3 heteroatoms.